The number of carbonyl (C=O) groups excluding carboxylic acids is 2. The Labute approximate surface area is 191 Å². The molecule has 1 amide bonds. The third-order valence-electron chi connectivity index (χ3n) is 7.05. The van der Waals surface area contributed by atoms with E-state index in [1.165, 1.54) is 17.3 Å². The second kappa shape index (κ2) is 7.41. The SMILES string of the molecule is CC(C)(O)c1cnc(N2C[C@@]3(CCC[C@](C)(Cn4ncc5cccnc54)C3)C(=O)C2=O)cn1. The zero-order valence-electron chi connectivity index (χ0n) is 19.2. The van der Waals surface area contributed by atoms with Crippen molar-refractivity contribution in [1.29, 1.82) is 0 Å². The molecule has 1 aliphatic carbocycles. The van der Waals surface area contributed by atoms with Gasteiger partial charge >= 0.3 is 0 Å². The van der Waals surface area contributed by atoms with Crippen molar-refractivity contribution in [3.8, 4) is 0 Å². The summed E-state index contributed by atoms with van der Waals surface area (Å²) < 4.78 is 1.91. The van der Waals surface area contributed by atoms with Crippen LogP contribution < -0.4 is 4.90 Å². The van der Waals surface area contributed by atoms with E-state index in [2.05, 4.69) is 27.0 Å². The van der Waals surface area contributed by atoms with Gasteiger partial charge < -0.3 is 5.11 Å². The van der Waals surface area contributed by atoms with Crippen LogP contribution in [0.3, 0.4) is 0 Å². The first-order chi connectivity index (χ1) is 15.6. The molecule has 172 valence electrons. The molecule has 2 atom stereocenters. The van der Waals surface area contributed by atoms with Gasteiger partial charge in [0.1, 0.15) is 5.60 Å². The van der Waals surface area contributed by atoms with Crippen molar-refractivity contribution in [2.45, 2.75) is 58.6 Å². The topological polar surface area (TPSA) is 114 Å². The summed E-state index contributed by atoms with van der Waals surface area (Å²) in [4.78, 5) is 40.8. The van der Waals surface area contributed by atoms with Gasteiger partial charge in [0.15, 0.2) is 11.5 Å². The Kier molecular flexibility index (Phi) is 4.86. The number of hydrogen-bond donors (Lipinski definition) is 1. The number of aliphatic hydroxyl groups is 1. The lowest BCUT2D eigenvalue weighted by Crippen LogP contribution is -2.42. The van der Waals surface area contributed by atoms with Gasteiger partial charge in [-0.05, 0) is 50.7 Å². The number of amides is 1. The molecule has 1 N–H and O–H groups in total. The standard InChI is InChI=1S/C24H28N6O3/c1-22(2,33)17-11-27-18(12-26-17)29-15-24(19(31)21(29)32)8-5-7-23(3,13-24)14-30-20-16(10-28-30)6-4-9-25-20/h4,6,9-12,33H,5,7-8,13-15H2,1-3H3/t23-,24-/m0/s1. The predicted octanol–water partition coefficient (Wildman–Crippen LogP) is 2.63. The maximum Gasteiger partial charge on any atom is 0.296 e. The highest BCUT2D eigenvalue weighted by Crippen LogP contribution is 2.51. The van der Waals surface area contributed by atoms with Crippen molar-refractivity contribution in [3.63, 3.8) is 0 Å². The second-order valence-corrected chi connectivity index (χ2v) is 10.4. The van der Waals surface area contributed by atoms with Crippen LogP contribution in [0.2, 0.25) is 0 Å². The van der Waals surface area contributed by atoms with Gasteiger partial charge in [-0.1, -0.05) is 13.3 Å². The van der Waals surface area contributed by atoms with Crippen molar-refractivity contribution in [1.82, 2.24) is 24.7 Å². The minimum Gasteiger partial charge on any atom is -0.384 e. The second-order valence-electron chi connectivity index (χ2n) is 10.4. The number of aromatic nitrogens is 5. The van der Waals surface area contributed by atoms with Crippen molar-refractivity contribution in [3.05, 3.63) is 42.6 Å². The molecular weight excluding hydrogens is 420 g/mol. The third-order valence-corrected chi connectivity index (χ3v) is 7.05. The Hall–Kier alpha value is -3.20. The predicted molar refractivity (Wildman–Crippen MR) is 121 cm³/mol. The lowest BCUT2D eigenvalue weighted by atomic mass is 9.62. The average Bonchev–Trinajstić information content (AvgIpc) is 3.28. The van der Waals surface area contributed by atoms with E-state index >= 15 is 0 Å². The summed E-state index contributed by atoms with van der Waals surface area (Å²) in [5, 5.41) is 15.6. The molecule has 9 heteroatoms. The molecule has 1 saturated carbocycles. The normalized spacial score (nSPS) is 26.0. The summed E-state index contributed by atoms with van der Waals surface area (Å²) in [5.74, 6) is -0.534. The van der Waals surface area contributed by atoms with Gasteiger partial charge in [0.2, 0.25) is 5.78 Å². The van der Waals surface area contributed by atoms with Crippen molar-refractivity contribution < 1.29 is 14.7 Å². The number of fused-ring (bicyclic) bond motifs is 1. The molecule has 2 fully saturated rings. The molecule has 0 radical (unpaired) electrons. The van der Waals surface area contributed by atoms with Crippen LogP contribution in [-0.4, -0.2) is 48.1 Å². The molecule has 0 unspecified atom stereocenters. The molecule has 1 saturated heterocycles. The summed E-state index contributed by atoms with van der Waals surface area (Å²) in [6, 6.07) is 3.87. The van der Waals surface area contributed by atoms with Gasteiger partial charge in [-0.25, -0.2) is 14.6 Å². The summed E-state index contributed by atoms with van der Waals surface area (Å²) in [5.41, 5.74) is -0.831. The fraction of sp³-hybridized carbons (Fsp3) is 0.500. The molecular formula is C24H28N6O3. The molecule has 4 heterocycles. The third kappa shape index (κ3) is 3.70. The highest BCUT2D eigenvalue weighted by molar-refractivity contribution is 6.45. The molecule has 0 aromatic carbocycles. The molecule has 9 nitrogen and oxygen atoms in total. The smallest absolute Gasteiger partial charge is 0.296 e. The lowest BCUT2D eigenvalue weighted by molar-refractivity contribution is -0.140. The van der Waals surface area contributed by atoms with Gasteiger partial charge in [0.25, 0.3) is 5.91 Å². The van der Waals surface area contributed by atoms with Gasteiger partial charge in [-0.3, -0.25) is 19.5 Å². The molecule has 3 aromatic rings. The van der Waals surface area contributed by atoms with E-state index in [1.807, 2.05) is 23.0 Å². The molecule has 0 bridgehead atoms. The number of pyridine rings is 1. The van der Waals surface area contributed by atoms with Gasteiger partial charge in [0, 0.05) is 24.7 Å². The van der Waals surface area contributed by atoms with Gasteiger partial charge in [-0.15, -0.1) is 0 Å². The van der Waals surface area contributed by atoms with Crippen LogP contribution in [0.25, 0.3) is 11.0 Å². The Balaban J connectivity index is 1.40. The maximum atomic E-state index is 13.3. The largest absolute Gasteiger partial charge is 0.384 e. The Morgan fingerprint density at radius 2 is 1.94 bits per heavy atom. The van der Waals surface area contributed by atoms with Gasteiger partial charge in [-0.2, -0.15) is 5.10 Å². The molecule has 1 spiro atoms. The van der Waals surface area contributed by atoms with Crippen LogP contribution in [-0.2, 0) is 21.7 Å². The van der Waals surface area contributed by atoms with Crippen LogP contribution >= 0.6 is 0 Å². The lowest BCUT2D eigenvalue weighted by Gasteiger charge is -2.43. The van der Waals surface area contributed by atoms with E-state index < -0.39 is 16.9 Å². The maximum absolute atomic E-state index is 13.3. The van der Waals surface area contributed by atoms with Crippen LogP contribution in [0, 0.1) is 10.8 Å². The Bertz CT molecular complexity index is 1230. The monoisotopic (exact) mass is 448 g/mol. The summed E-state index contributed by atoms with van der Waals surface area (Å²) in [7, 11) is 0. The fourth-order valence-electron chi connectivity index (χ4n) is 5.46. The molecule has 3 aromatic heterocycles. The minimum absolute atomic E-state index is 0.197. The zero-order valence-corrected chi connectivity index (χ0v) is 19.2. The first kappa shape index (κ1) is 21.6. The molecule has 33 heavy (non-hydrogen) atoms. The number of ketones is 1. The highest BCUT2D eigenvalue weighted by Gasteiger charge is 2.56. The van der Waals surface area contributed by atoms with E-state index in [-0.39, 0.29) is 11.2 Å². The van der Waals surface area contributed by atoms with E-state index in [4.69, 9.17) is 0 Å². The van der Waals surface area contributed by atoms with E-state index in [0.29, 0.717) is 37.4 Å². The Morgan fingerprint density at radius 3 is 2.67 bits per heavy atom. The zero-order chi connectivity index (χ0) is 23.4. The quantitative estimate of drug-likeness (QED) is 0.610. The number of rotatable bonds is 4. The number of nitrogens with zero attached hydrogens (tertiary/aromatic N) is 6. The van der Waals surface area contributed by atoms with Crippen LogP contribution in [0.5, 0.6) is 0 Å². The summed E-state index contributed by atoms with van der Waals surface area (Å²) in [6.07, 6.45) is 9.57. The van der Waals surface area contributed by atoms with Gasteiger partial charge in [0.05, 0.1) is 29.7 Å². The van der Waals surface area contributed by atoms with E-state index in [9.17, 15) is 14.7 Å². The van der Waals surface area contributed by atoms with Crippen LogP contribution in [0.1, 0.15) is 52.1 Å². The number of anilines is 1. The first-order valence-electron chi connectivity index (χ1n) is 11.3. The minimum atomic E-state index is -1.13. The van der Waals surface area contributed by atoms with E-state index in [1.54, 1.807) is 20.0 Å². The highest BCUT2D eigenvalue weighted by atomic mass is 16.3. The van der Waals surface area contributed by atoms with Crippen molar-refractivity contribution in [2.24, 2.45) is 10.8 Å². The average molecular weight is 449 g/mol. The molecule has 5 rings (SSSR count). The van der Waals surface area contributed by atoms with Crippen molar-refractivity contribution in [2.75, 3.05) is 11.4 Å². The first-order valence-corrected chi connectivity index (χ1v) is 11.3. The number of hydrogen-bond acceptors (Lipinski definition) is 7. The summed E-state index contributed by atoms with van der Waals surface area (Å²) >= 11 is 0. The van der Waals surface area contributed by atoms with E-state index in [0.717, 1.165) is 23.9 Å². The Morgan fingerprint density at radius 1 is 1.12 bits per heavy atom. The number of Topliss-reactive ketones (excluding diaryl/α,β-unsaturated/α-hetero) is 1. The fourth-order valence-corrected chi connectivity index (χ4v) is 5.46. The molecule has 1 aliphatic heterocycles. The molecule has 2 aliphatic rings. The summed E-state index contributed by atoms with van der Waals surface area (Å²) in [6.45, 7) is 6.35. The van der Waals surface area contributed by atoms with Crippen LogP contribution in [0.4, 0.5) is 5.82 Å². The van der Waals surface area contributed by atoms with Crippen LogP contribution in [0.15, 0.2) is 36.9 Å². The number of carbonyl (C=O) groups is 2. The van der Waals surface area contributed by atoms with Crippen molar-refractivity contribution >= 4 is 28.5 Å².